The van der Waals surface area contributed by atoms with E-state index in [0.29, 0.717) is 11.3 Å². The van der Waals surface area contributed by atoms with E-state index in [-0.39, 0.29) is 18.8 Å². The number of aliphatic hydroxyl groups excluding tert-OH is 1. The van der Waals surface area contributed by atoms with E-state index < -0.39 is 29.5 Å². The number of aliphatic hydroxyl groups is 1. The summed E-state index contributed by atoms with van der Waals surface area (Å²) in [6.07, 6.45) is 0.365. The van der Waals surface area contributed by atoms with Crippen LogP contribution in [0.2, 0.25) is 0 Å². The van der Waals surface area contributed by atoms with Crippen molar-refractivity contribution in [3.8, 4) is 5.75 Å². The van der Waals surface area contributed by atoms with Crippen LogP contribution in [0.25, 0.3) is 0 Å². The molecule has 0 radical (unpaired) electrons. The molecule has 0 aliphatic carbocycles. The molecule has 0 saturated carbocycles. The second-order valence-corrected chi connectivity index (χ2v) is 7.21. The van der Waals surface area contributed by atoms with Crippen LogP contribution in [-0.2, 0) is 9.53 Å². The zero-order chi connectivity index (χ0) is 22.9. The summed E-state index contributed by atoms with van der Waals surface area (Å²) in [6.45, 7) is 3.18. The first-order valence-electron chi connectivity index (χ1n) is 9.56. The third-order valence-electron chi connectivity index (χ3n) is 4.36. The number of carbonyl (C=O) groups is 3. The SMILES string of the molecule is CC(C)(/C=C/C(=O)O)[C@@H](OC(=O)NC(=O)c1ccccc1)c1ccccc1OCCO. The molecule has 0 heterocycles. The molecule has 0 aliphatic rings. The summed E-state index contributed by atoms with van der Waals surface area (Å²) in [5.74, 6) is -1.42. The Morgan fingerprint density at radius 2 is 1.71 bits per heavy atom. The Morgan fingerprint density at radius 3 is 2.35 bits per heavy atom. The summed E-state index contributed by atoms with van der Waals surface area (Å²) in [5.41, 5.74) is -0.240. The zero-order valence-electron chi connectivity index (χ0n) is 17.3. The Labute approximate surface area is 180 Å². The molecule has 0 bridgehead atoms. The van der Waals surface area contributed by atoms with E-state index >= 15 is 0 Å². The van der Waals surface area contributed by atoms with Crippen LogP contribution in [0.15, 0.2) is 66.7 Å². The lowest BCUT2D eigenvalue weighted by Gasteiger charge is -2.32. The summed E-state index contributed by atoms with van der Waals surface area (Å²) >= 11 is 0. The van der Waals surface area contributed by atoms with Gasteiger partial charge in [0.05, 0.1) is 6.61 Å². The van der Waals surface area contributed by atoms with Crippen LogP contribution in [0.5, 0.6) is 5.75 Å². The van der Waals surface area contributed by atoms with Crippen molar-refractivity contribution >= 4 is 18.0 Å². The number of amides is 2. The topological polar surface area (TPSA) is 122 Å². The standard InChI is InChI=1S/C23H25NO7/c1-23(2,13-12-19(26)27)20(17-10-6-7-11-18(17)30-15-14-25)31-22(29)24-21(28)16-8-4-3-5-9-16/h3-13,20,25H,14-15H2,1-2H3,(H,26,27)(H,24,28,29)/b13-12+/t20-/m0/s1. The van der Waals surface area contributed by atoms with Crippen molar-refractivity contribution in [2.24, 2.45) is 5.41 Å². The van der Waals surface area contributed by atoms with Crippen molar-refractivity contribution < 1.29 is 34.1 Å². The zero-order valence-corrected chi connectivity index (χ0v) is 17.3. The van der Waals surface area contributed by atoms with Crippen molar-refractivity contribution in [2.45, 2.75) is 20.0 Å². The van der Waals surface area contributed by atoms with Gasteiger partial charge in [0.2, 0.25) is 0 Å². The molecular formula is C23H25NO7. The fourth-order valence-electron chi connectivity index (χ4n) is 2.86. The number of carboxylic acids is 1. The van der Waals surface area contributed by atoms with Gasteiger partial charge in [-0.1, -0.05) is 56.3 Å². The first-order valence-corrected chi connectivity index (χ1v) is 9.56. The number of para-hydroxylation sites is 1. The largest absolute Gasteiger partial charge is 0.491 e. The van der Waals surface area contributed by atoms with Gasteiger partial charge in [-0.3, -0.25) is 10.1 Å². The van der Waals surface area contributed by atoms with Gasteiger partial charge in [0, 0.05) is 22.6 Å². The molecule has 2 aromatic rings. The predicted octanol–water partition coefficient (Wildman–Crippen LogP) is 3.33. The molecule has 0 aliphatic heterocycles. The van der Waals surface area contributed by atoms with Crippen molar-refractivity contribution in [1.82, 2.24) is 5.32 Å². The minimum absolute atomic E-state index is 0.0216. The second kappa shape index (κ2) is 10.9. The van der Waals surface area contributed by atoms with Crippen LogP contribution in [0, 0.1) is 5.41 Å². The molecule has 0 fully saturated rings. The Hall–Kier alpha value is -3.65. The molecule has 0 aromatic heterocycles. The van der Waals surface area contributed by atoms with Crippen LogP contribution >= 0.6 is 0 Å². The Balaban J connectivity index is 2.33. The highest BCUT2D eigenvalue weighted by Crippen LogP contribution is 2.41. The fraction of sp³-hybridized carbons (Fsp3) is 0.261. The van der Waals surface area contributed by atoms with Crippen LogP contribution in [-0.4, -0.2) is 41.4 Å². The molecule has 8 nitrogen and oxygen atoms in total. The first-order chi connectivity index (χ1) is 14.7. The Morgan fingerprint density at radius 1 is 1.06 bits per heavy atom. The van der Waals surface area contributed by atoms with E-state index in [2.05, 4.69) is 5.32 Å². The maximum absolute atomic E-state index is 12.5. The van der Waals surface area contributed by atoms with Gasteiger partial charge in [-0.15, -0.1) is 0 Å². The number of rotatable bonds is 9. The molecule has 164 valence electrons. The highest BCUT2D eigenvalue weighted by Gasteiger charge is 2.35. The van der Waals surface area contributed by atoms with E-state index in [4.69, 9.17) is 19.7 Å². The summed E-state index contributed by atoms with van der Waals surface area (Å²) in [5, 5.41) is 20.3. The number of aliphatic carboxylic acids is 1. The van der Waals surface area contributed by atoms with Crippen molar-refractivity contribution in [2.75, 3.05) is 13.2 Å². The van der Waals surface area contributed by atoms with Crippen LogP contribution < -0.4 is 10.1 Å². The van der Waals surface area contributed by atoms with Gasteiger partial charge < -0.3 is 19.7 Å². The van der Waals surface area contributed by atoms with E-state index in [9.17, 15) is 14.4 Å². The average Bonchev–Trinajstić information content (AvgIpc) is 2.75. The van der Waals surface area contributed by atoms with Crippen molar-refractivity contribution in [3.63, 3.8) is 0 Å². The number of carboxylic acid groups (broad SMARTS) is 1. The second-order valence-electron chi connectivity index (χ2n) is 7.21. The van der Waals surface area contributed by atoms with Gasteiger partial charge in [-0.05, 0) is 18.2 Å². The number of hydrogen-bond donors (Lipinski definition) is 3. The number of ether oxygens (including phenoxy) is 2. The van der Waals surface area contributed by atoms with Crippen LogP contribution in [0.4, 0.5) is 4.79 Å². The average molecular weight is 427 g/mol. The number of alkyl carbamates (subject to hydrolysis) is 1. The molecule has 31 heavy (non-hydrogen) atoms. The smallest absolute Gasteiger partial charge is 0.414 e. The van der Waals surface area contributed by atoms with Gasteiger partial charge >= 0.3 is 12.1 Å². The van der Waals surface area contributed by atoms with Crippen LogP contribution in [0.1, 0.15) is 35.9 Å². The molecule has 1 atom stereocenters. The summed E-state index contributed by atoms with van der Waals surface area (Å²) < 4.78 is 11.1. The molecule has 2 rings (SSSR count). The number of hydrogen-bond acceptors (Lipinski definition) is 6. The first kappa shape index (κ1) is 23.6. The third-order valence-corrected chi connectivity index (χ3v) is 4.36. The lowest BCUT2D eigenvalue weighted by Crippen LogP contribution is -2.35. The van der Waals surface area contributed by atoms with Crippen molar-refractivity contribution in [1.29, 1.82) is 0 Å². The van der Waals surface area contributed by atoms with Gasteiger partial charge in [-0.2, -0.15) is 0 Å². The number of benzene rings is 2. The predicted molar refractivity (Wildman–Crippen MR) is 113 cm³/mol. The van der Waals surface area contributed by atoms with Gasteiger partial charge in [0.1, 0.15) is 18.5 Å². The minimum Gasteiger partial charge on any atom is -0.491 e. The van der Waals surface area contributed by atoms with Gasteiger partial charge in [0.15, 0.2) is 0 Å². The third kappa shape index (κ3) is 6.97. The van der Waals surface area contributed by atoms with E-state index in [1.54, 1.807) is 68.4 Å². The van der Waals surface area contributed by atoms with Crippen molar-refractivity contribution in [3.05, 3.63) is 77.9 Å². The molecule has 0 spiro atoms. The summed E-state index contributed by atoms with van der Waals surface area (Å²) in [7, 11) is 0. The lowest BCUT2D eigenvalue weighted by molar-refractivity contribution is -0.131. The molecule has 2 aromatic carbocycles. The quantitative estimate of drug-likeness (QED) is 0.525. The maximum atomic E-state index is 12.5. The Bertz CT molecular complexity index is 938. The molecule has 0 unspecified atom stereocenters. The highest BCUT2D eigenvalue weighted by atomic mass is 16.6. The van der Waals surface area contributed by atoms with E-state index in [1.165, 1.54) is 6.08 Å². The molecular weight excluding hydrogens is 402 g/mol. The molecule has 8 heteroatoms. The fourth-order valence-corrected chi connectivity index (χ4v) is 2.86. The molecule has 3 N–H and O–H groups in total. The summed E-state index contributed by atoms with van der Waals surface area (Å²) in [4.78, 5) is 35.9. The number of carbonyl (C=O) groups excluding carboxylic acids is 2. The number of nitrogens with one attached hydrogen (secondary N) is 1. The molecule has 0 saturated heterocycles. The summed E-state index contributed by atoms with van der Waals surface area (Å²) in [6, 6.07) is 14.9. The minimum atomic E-state index is -1.15. The number of imide groups is 1. The van der Waals surface area contributed by atoms with Gasteiger partial charge in [0.25, 0.3) is 5.91 Å². The lowest BCUT2D eigenvalue weighted by atomic mass is 9.81. The van der Waals surface area contributed by atoms with Crippen LogP contribution in [0.3, 0.4) is 0 Å². The molecule has 2 amide bonds. The van der Waals surface area contributed by atoms with E-state index in [0.717, 1.165) is 6.08 Å². The van der Waals surface area contributed by atoms with E-state index in [1.807, 2.05) is 0 Å². The normalized spacial score (nSPS) is 12.2. The monoisotopic (exact) mass is 427 g/mol. The highest BCUT2D eigenvalue weighted by molar-refractivity contribution is 6.02. The maximum Gasteiger partial charge on any atom is 0.414 e. The Kier molecular flexibility index (Phi) is 8.33. The van der Waals surface area contributed by atoms with Gasteiger partial charge in [-0.25, -0.2) is 9.59 Å².